The van der Waals surface area contributed by atoms with Crippen LogP contribution in [0.15, 0.2) is 22.9 Å². The van der Waals surface area contributed by atoms with Crippen LogP contribution in [-0.2, 0) is 10.7 Å². The van der Waals surface area contributed by atoms with E-state index in [0.717, 1.165) is 6.92 Å². The van der Waals surface area contributed by atoms with Crippen LogP contribution < -0.4 is 5.32 Å². The van der Waals surface area contributed by atoms with Crippen molar-refractivity contribution in [2.75, 3.05) is 5.32 Å². The van der Waals surface area contributed by atoms with Crippen LogP contribution in [0.2, 0.25) is 0 Å². The van der Waals surface area contributed by atoms with E-state index >= 15 is 0 Å². The molecule has 3 heterocycles. The molecule has 0 radical (unpaired) electrons. The molecule has 3 rings (SSSR count). The van der Waals surface area contributed by atoms with Gasteiger partial charge in [-0.2, -0.15) is 13.9 Å². The third kappa shape index (κ3) is 3.48. The van der Waals surface area contributed by atoms with Crippen molar-refractivity contribution >= 4 is 38.6 Å². The number of anilines is 1. The Bertz CT molecular complexity index is 982. The van der Waals surface area contributed by atoms with E-state index in [4.69, 9.17) is 0 Å². The van der Waals surface area contributed by atoms with E-state index in [1.165, 1.54) is 17.8 Å². The molecule has 0 aromatic carbocycles. The lowest BCUT2D eigenvalue weighted by molar-refractivity contribution is -0.114. The fraction of sp³-hybridized carbons (Fsp3) is 0.267. The van der Waals surface area contributed by atoms with Gasteiger partial charge in [0.15, 0.2) is 5.82 Å². The van der Waals surface area contributed by atoms with Crippen molar-refractivity contribution in [2.45, 2.75) is 26.7 Å². The highest BCUT2D eigenvalue weighted by atomic mass is 79.9. The minimum absolute atomic E-state index is 0.194. The third-order valence-electron chi connectivity index (χ3n) is 3.27. The zero-order valence-corrected chi connectivity index (χ0v) is 15.1. The van der Waals surface area contributed by atoms with Crippen molar-refractivity contribution in [1.29, 1.82) is 0 Å². The summed E-state index contributed by atoms with van der Waals surface area (Å²) in [5.41, 5.74) is 0.937. The number of pyridine rings is 1. The number of rotatable bonds is 3. The molecule has 0 spiro atoms. The van der Waals surface area contributed by atoms with Gasteiger partial charge in [0.1, 0.15) is 10.4 Å². The number of fused-ring (bicyclic) bond motifs is 1. The Morgan fingerprint density at radius 1 is 1.32 bits per heavy atom. The van der Waals surface area contributed by atoms with E-state index in [9.17, 15) is 13.6 Å². The van der Waals surface area contributed by atoms with Crippen LogP contribution in [-0.4, -0.2) is 30.6 Å². The van der Waals surface area contributed by atoms with Gasteiger partial charge in [-0.15, -0.1) is 0 Å². The first-order valence-electron chi connectivity index (χ1n) is 7.21. The summed E-state index contributed by atoms with van der Waals surface area (Å²) in [5, 5.41) is 7.51. The Balaban J connectivity index is 2.21. The second-order valence-corrected chi connectivity index (χ2v) is 6.30. The molecule has 10 heteroatoms. The second-order valence-electron chi connectivity index (χ2n) is 5.55. The molecule has 3 aromatic rings. The van der Waals surface area contributed by atoms with E-state index in [-0.39, 0.29) is 11.7 Å². The summed E-state index contributed by atoms with van der Waals surface area (Å²) in [5.74, 6) is -3.52. The lowest BCUT2D eigenvalue weighted by atomic mass is 10.3. The minimum Gasteiger partial charge on any atom is -0.311 e. The average Bonchev–Trinajstić information content (AvgIpc) is 2.82. The van der Waals surface area contributed by atoms with Crippen LogP contribution in [0, 0.1) is 6.92 Å². The molecule has 7 nitrogen and oxygen atoms in total. The van der Waals surface area contributed by atoms with E-state index in [1.54, 1.807) is 19.1 Å². The zero-order chi connectivity index (χ0) is 18.4. The first-order valence-corrected chi connectivity index (χ1v) is 8.00. The highest BCUT2D eigenvalue weighted by Crippen LogP contribution is 2.29. The van der Waals surface area contributed by atoms with Gasteiger partial charge >= 0.3 is 5.92 Å². The fourth-order valence-corrected chi connectivity index (χ4v) is 2.72. The smallest absolute Gasteiger partial charge is 0.303 e. The number of aromatic nitrogens is 5. The number of hydrogen-bond donors (Lipinski definition) is 1. The maximum absolute atomic E-state index is 13.6. The van der Waals surface area contributed by atoms with E-state index in [1.807, 2.05) is 0 Å². The highest BCUT2D eigenvalue weighted by molar-refractivity contribution is 9.10. The Hall–Kier alpha value is -2.49. The molecule has 3 aromatic heterocycles. The van der Waals surface area contributed by atoms with Crippen LogP contribution in [0.5, 0.6) is 0 Å². The highest BCUT2D eigenvalue weighted by Gasteiger charge is 2.29. The number of amides is 1. The normalized spacial score (nSPS) is 11.8. The Morgan fingerprint density at radius 2 is 2.04 bits per heavy atom. The first-order chi connectivity index (χ1) is 11.6. The van der Waals surface area contributed by atoms with Crippen molar-refractivity contribution in [2.24, 2.45) is 0 Å². The predicted octanol–water partition coefficient (Wildman–Crippen LogP) is 3.35. The summed E-state index contributed by atoms with van der Waals surface area (Å²) in [6, 6.07) is 3.14. The van der Waals surface area contributed by atoms with Gasteiger partial charge < -0.3 is 5.32 Å². The van der Waals surface area contributed by atoms with Crippen LogP contribution in [0.3, 0.4) is 0 Å². The average molecular weight is 411 g/mol. The molecule has 0 atom stereocenters. The van der Waals surface area contributed by atoms with E-state index in [2.05, 4.69) is 41.3 Å². The standard InChI is InChI=1S/C15H13BrF2N6O/c1-7-4-12(22-14(20-7)15(3,17)18)24-10-5-11(21-8(2)25)19-6-9(10)13(16)23-24/h4-6H,1-3H3,(H,19,21,25). The molecule has 0 saturated carbocycles. The zero-order valence-electron chi connectivity index (χ0n) is 13.5. The monoisotopic (exact) mass is 410 g/mol. The molecule has 0 unspecified atom stereocenters. The van der Waals surface area contributed by atoms with Gasteiger partial charge in [0, 0.05) is 37.9 Å². The third-order valence-corrected chi connectivity index (χ3v) is 3.86. The fourth-order valence-electron chi connectivity index (χ4n) is 2.25. The lowest BCUT2D eigenvalue weighted by Crippen LogP contribution is -2.15. The minimum atomic E-state index is -3.18. The maximum atomic E-state index is 13.6. The summed E-state index contributed by atoms with van der Waals surface area (Å²) in [6.45, 7) is 3.70. The van der Waals surface area contributed by atoms with Crippen molar-refractivity contribution in [3.8, 4) is 5.82 Å². The quantitative estimate of drug-likeness (QED) is 0.715. The number of nitrogens with zero attached hydrogens (tertiary/aromatic N) is 5. The molecule has 0 aliphatic carbocycles. The van der Waals surface area contributed by atoms with Gasteiger partial charge in [0.05, 0.1) is 10.9 Å². The Morgan fingerprint density at radius 3 is 2.68 bits per heavy atom. The summed E-state index contributed by atoms with van der Waals surface area (Å²) in [6.07, 6.45) is 1.53. The summed E-state index contributed by atoms with van der Waals surface area (Å²) in [4.78, 5) is 23.1. The SMILES string of the molecule is CC(=O)Nc1cc2c(cn1)c(Br)nn2-c1cc(C)nc(C(C)(F)F)n1. The van der Waals surface area contributed by atoms with Crippen molar-refractivity contribution in [3.05, 3.63) is 34.5 Å². The molecule has 25 heavy (non-hydrogen) atoms. The molecular weight excluding hydrogens is 398 g/mol. The molecule has 0 bridgehead atoms. The number of hydrogen-bond acceptors (Lipinski definition) is 5. The maximum Gasteiger partial charge on any atom is 0.303 e. The molecule has 0 saturated heterocycles. The summed E-state index contributed by atoms with van der Waals surface area (Å²) < 4.78 is 29.1. The second kappa shape index (κ2) is 6.10. The van der Waals surface area contributed by atoms with Gasteiger partial charge in [-0.3, -0.25) is 4.79 Å². The van der Waals surface area contributed by atoms with Crippen LogP contribution in [0.4, 0.5) is 14.6 Å². The number of aryl methyl sites for hydroxylation is 1. The number of carbonyl (C=O) groups is 1. The summed E-state index contributed by atoms with van der Waals surface area (Å²) in [7, 11) is 0. The molecule has 0 aliphatic rings. The number of halogens is 3. The largest absolute Gasteiger partial charge is 0.311 e. The Kier molecular flexibility index (Phi) is 4.23. The van der Waals surface area contributed by atoms with Gasteiger partial charge in [-0.1, -0.05) is 0 Å². The molecule has 1 N–H and O–H groups in total. The van der Waals surface area contributed by atoms with Crippen molar-refractivity contribution in [1.82, 2.24) is 24.7 Å². The number of alkyl halides is 2. The Labute approximate surface area is 149 Å². The van der Waals surface area contributed by atoms with E-state index < -0.39 is 11.7 Å². The molecule has 130 valence electrons. The molecule has 0 aliphatic heterocycles. The topological polar surface area (TPSA) is 85.6 Å². The van der Waals surface area contributed by atoms with Crippen LogP contribution in [0.25, 0.3) is 16.7 Å². The summed E-state index contributed by atoms with van der Waals surface area (Å²) >= 11 is 3.32. The van der Waals surface area contributed by atoms with E-state index in [0.29, 0.717) is 27.0 Å². The van der Waals surface area contributed by atoms with Gasteiger partial charge in [0.25, 0.3) is 0 Å². The van der Waals surface area contributed by atoms with Gasteiger partial charge in [-0.25, -0.2) is 19.6 Å². The molecule has 1 amide bonds. The van der Waals surface area contributed by atoms with Crippen LogP contribution in [0.1, 0.15) is 25.4 Å². The first kappa shape index (κ1) is 17.3. The predicted molar refractivity (Wildman–Crippen MR) is 90.8 cm³/mol. The van der Waals surface area contributed by atoms with Crippen molar-refractivity contribution in [3.63, 3.8) is 0 Å². The molecular formula is C15H13BrF2N6O. The number of nitrogens with one attached hydrogen (secondary N) is 1. The van der Waals surface area contributed by atoms with Crippen LogP contribution >= 0.6 is 15.9 Å². The van der Waals surface area contributed by atoms with Gasteiger partial charge in [-0.05, 0) is 22.9 Å². The van der Waals surface area contributed by atoms with Crippen molar-refractivity contribution < 1.29 is 13.6 Å². The van der Waals surface area contributed by atoms with Gasteiger partial charge in [0.2, 0.25) is 11.7 Å². The number of carbonyl (C=O) groups excluding carboxylic acids is 1. The molecule has 0 fully saturated rings. The lowest BCUT2D eigenvalue weighted by Gasteiger charge is -2.11.